The fourth-order valence-electron chi connectivity index (χ4n) is 3.70. The van der Waals surface area contributed by atoms with Gasteiger partial charge in [-0.15, -0.1) is 0 Å². The van der Waals surface area contributed by atoms with E-state index in [2.05, 4.69) is 10.7 Å². The smallest absolute Gasteiger partial charge is 0.424 e. The lowest BCUT2D eigenvalue weighted by atomic mass is 10.2. The number of allylic oxidation sites excluding steroid dienone is 3. The lowest BCUT2D eigenvalue weighted by Gasteiger charge is -2.13. The Bertz CT molecular complexity index is 1570. The molecule has 12 heteroatoms. The summed E-state index contributed by atoms with van der Waals surface area (Å²) in [6, 6.07) is 6.54. The second kappa shape index (κ2) is 10.1. The zero-order valence-electron chi connectivity index (χ0n) is 19.0. The van der Waals surface area contributed by atoms with E-state index < -0.39 is 23.0 Å². The van der Waals surface area contributed by atoms with Crippen LogP contribution >= 0.6 is 11.6 Å². The number of fused-ring (bicyclic) bond motifs is 1. The van der Waals surface area contributed by atoms with Gasteiger partial charge in [-0.05, 0) is 31.0 Å². The molecule has 3 aromatic rings. The Labute approximate surface area is 207 Å². The highest BCUT2D eigenvalue weighted by Gasteiger charge is 2.33. The molecule has 0 atom stereocenters. The van der Waals surface area contributed by atoms with Crippen LogP contribution in [0.5, 0.6) is 6.01 Å². The van der Waals surface area contributed by atoms with Crippen molar-refractivity contribution in [3.8, 4) is 6.01 Å². The molecule has 0 saturated heterocycles. The van der Waals surface area contributed by atoms with Crippen LogP contribution in [0.15, 0.2) is 68.8 Å². The number of aryl methyl sites for hydroxylation is 1. The summed E-state index contributed by atoms with van der Waals surface area (Å²) in [5.74, 6) is -0.222. The van der Waals surface area contributed by atoms with Crippen molar-refractivity contribution < 1.29 is 23.0 Å². The van der Waals surface area contributed by atoms with E-state index in [-0.39, 0.29) is 55.6 Å². The minimum absolute atomic E-state index is 0.0230. The quantitative estimate of drug-likeness (QED) is 0.459. The van der Waals surface area contributed by atoms with Crippen LogP contribution in [0, 0.1) is 0 Å². The predicted molar refractivity (Wildman–Crippen MR) is 126 cm³/mol. The number of aliphatic hydroxyl groups excluding tert-OH is 1. The molecule has 4 rings (SSSR count). The van der Waals surface area contributed by atoms with Crippen molar-refractivity contribution in [1.82, 2.24) is 18.7 Å². The number of alkyl halides is 3. The SMILES string of the molecule is CCn1c(=O)n(CCCO)c(=O)c2c1nc(OC1=CC(C(F)(F)F)=C=C=C1)n2Cc1ccc(Cl)cc1. The van der Waals surface area contributed by atoms with Crippen LogP contribution in [-0.2, 0) is 19.6 Å². The van der Waals surface area contributed by atoms with Crippen LogP contribution in [0.3, 0.4) is 0 Å². The molecule has 0 amide bonds. The van der Waals surface area contributed by atoms with Crippen molar-refractivity contribution in [2.45, 2.75) is 39.2 Å². The molecule has 1 aliphatic rings. The van der Waals surface area contributed by atoms with E-state index in [0.717, 1.165) is 16.7 Å². The van der Waals surface area contributed by atoms with Crippen LogP contribution in [0.1, 0.15) is 18.9 Å². The van der Waals surface area contributed by atoms with E-state index in [9.17, 15) is 27.9 Å². The number of nitrogens with zero attached hydrogens (tertiary/aromatic N) is 4. The number of ether oxygens (including phenoxy) is 1. The first-order valence-electron chi connectivity index (χ1n) is 10.9. The highest BCUT2D eigenvalue weighted by molar-refractivity contribution is 6.30. The first-order chi connectivity index (χ1) is 17.1. The molecule has 1 aliphatic carbocycles. The summed E-state index contributed by atoms with van der Waals surface area (Å²) in [6.45, 7) is 1.66. The summed E-state index contributed by atoms with van der Waals surface area (Å²) >= 11 is 5.98. The van der Waals surface area contributed by atoms with Crippen molar-refractivity contribution in [3.05, 3.63) is 90.6 Å². The van der Waals surface area contributed by atoms with Crippen LogP contribution in [0.25, 0.3) is 11.2 Å². The third kappa shape index (κ3) is 4.96. The molecule has 1 aromatic carbocycles. The predicted octanol–water partition coefficient (Wildman–Crippen LogP) is 3.54. The largest absolute Gasteiger partial charge is 0.425 e. The Morgan fingerprint density at radius 1 is 1.14 bits per heavy atom. The fraction of sp³-hybridized carbons (Fsp3) is 0.292. The second-order valence-corrected chi connectivity index (χ2v) is 8.25. The van der Waals surface area contributed by atoms with E-state index >= 15 is 0 Å². The van der Waals surface area contributed by atoms with Gasteiger partial charge in [-0.3, -0.25) is 18.5 Å². The maximum atomic E-state index is 13.4. The number of rotatable bonds is 8. The standard InChI is InChI=1S/C24H20ClF3N4O4/c1-2-30-20-19(21(34)31(23(30)35)11-4-12-33)32(14-15-7-9-17(25)10-8-15)22(29-20)36-18-6-3-5-16(13-18)24(26,27)28/h6-10,13,33H,2,4,11-12,14H2,1H3. The molecule has 2 heterocycles. The van der Waals surface area contributed by atoms with Crippen LogP contribution < -0.4 is 16.0 Å². The molecule has 2 aromatic heterocycles. The average molecular weight is 521 g/mol. The average Bonchev–Trinajstić information content (AvgIpc) is 3.18. The first kappa shape index (κ1) is 25.3. The molecule has 0 aliphatic heterocycles. The number of hydrogen-bond acceptors (Lipinski definition) is 5. The van der Waals surface area contributed by atoms with Gasteiger partial charge in [0, 0.05) is 36.9 Å². The van der Waals surface area contributed by atoms with Gasteiger partial charge in [0.1, 0.15) is 11.3 Å². The van der Waals surface area contributed by atoms with Gasteiger partial charge in [0.2, 0.25) is 0 Å². The maximum absolute atomic E-state index is 13.4. The molecule has 0 saturated carbocycles. The minimum atomic E-state index is -4.66. The zero-order chi connectivity index (χ0) is 26.0. The van der Waals surface area contributed by atoms with Gasteiger partial charge in [0.15, 0.2) is 11.2 Å². The van der Waals surface area contributed by atoms with Crippen molar-refractivity contribution in [3.63, 3.8) is 0 Å². The van der Waals surface area contributed by atoms with Crippen LogP contribution in [-0.4, -0.2) is 36.6 Å². The van der Waals surface area contributed by atoms with Gasteiger partial charge < -0.3 is 9.84 Å². The third-order valence-electron chi connectivity index (χ3n) is 5.41. The van der Waals surface area contributed by atoms with Crippen LogP contribution in [0.4, 0.5) is 13.2 Å². The summed E-state index contributed by atoms with van der Waals surface area (Å²) in [6.07, 6.45) is -2.58. The van der Waals surface area contributed by atoms with Crippen molar-refractivity contribution in [2.75, 3.05) is 6.61 Å². The Balaban J connectivity index is 1.92. The topological polar surface area (TPSA) is 91.3 Å². The van der Waals surface area contributed by atoms with E-state index in [1.54, 1.807) is 31.2 Å². The summed E-state index contributed by atoms with van der Waals surface area (Å²) in [5, 5.41) is 9.70. The normalized spacial score (nSPS) is 13.3. The summed E-state index contributed by atoms with van der Waals surface area (Å²) in [4.78, 5) is 30.7. The van der Waals surface area contributed by atoms with Gasteiger partial charge in [-0.25, -0.2) is 4.79 Å². The first-order valence-corrected chi connectivity index (χ1v) is 11.3. The maximum Gasteiger partial charge on any atom is 0.424 e. The molecule has 8 nitrogen and oxygen atoms in total. The lowest BCUT2D eigenvalue weighted by Crippen LogP contribution is -2.40. The van der Waals surface area contributed by atoms with Crippen molar-refractivity contribution in [2.24, 2.45) is 0 Å². The Morgan fingerprint density at radius 2 is 1.86 bits per heavy atom. The number of imidazole rings is 1. The van der Waals surface area contributed by atoms with E-state index in [1.165, 1.54) is 9.13 Å². The number of benzene rings is 1. The number of halogens is 4. The summed E-state index contributed by atoms with van der Waals surface area (Å²) in [5.41, 5.74) is 2.66. The molecule has 1 N–H and O–H groups in total. The molecule has 188 valence electrons. The molecule has 0 radical (unpaired) electrons. The molecular weight excluding hydrogens is 501 g/mol. The second-order valence-electron chi connectivity index (χ2n) is 7.81. The highest BCUT2D eigenvalue weighted by Crippen LogP contribution is 2.29. The van der Waals surface area contributed by atoms with E-state index in [4.69, 9.17) is 16.3 Å². The van der Waals surface area contributed by atoms with Gasteiger partial charge in [0.05, 0.1) is 6.54 Å². The molecular formula is C24H20ClF3N4O4. The Morgan fingerprint density at radius 3 is 2.50 bits per heavy atom. The van der Waals surface area contributed by atoms with Gasteiger partial charge in [-0.1, -0.05) is 35.2 Å². The van der Waals surface area contributed by atoms with Crippen LogP contribution in [0.2, 0.25) is 5.02 Å². The molecule has 0 unspecified atom stereocenters. The molecule has 36 heavy (non-hydrogen) atoms. The number of aromatic nitrogens is 4. The minimum Gasteiger partial charge on any atom is -0.425 e. The van der Waals surface area contributed by atoms with E-state index in [1.807, 2.05) is 5.73 Å². The Kier molecular flexibility index (Phi) is 7.10. The van der Waals surface area contributed by atoms with E-state index in [0.29, 0.717) is 10.6 Å². The highest BCUT2D eigenvalue weighted by atomic mass is 35.5. The molecule has 0 fully saturated rings. The fourth-order valence-corrected chi connectivity index (χ4v) is 3.83. The molecule has 0 spiro atoms. The summed E-state index contributed by atoms with van der Waals surface area (Å²) < 4.78 is 48.9. The summed E-state index contributed by atoms with van der Waals surface area (Å²) in [7, 11) is 0. The molecule has 0 bridgehead atoms. The zero-order valence-corrected chi connectivity index (χ0v) is 19.7. The van der Waals surface area contributed by atoms with Gasteiger partial charge >= 0.3 is 17.9 Å². The van der Waals surface area contributed by atoms with Crippen molar-refractivity contribution in [1.29, 1.82) is 0 Å². The monoisotopic (exact) mass is 520 g/mol. The Hall–Kier alpha value is -3.75. The van der Waals surface area contributed by atoms with Gasteiger partial charge in [-0.2, -0.15) is 18.2 Å². The van der Waals surface area contributed by atoms with Gasteiger partial charge in [0.25, 0.3) is 5.56 Å². The number of hydrogen-bond donors (Lipinski definition) is 1. The number of aliphatic hydroxyl groups is 1. The third-order valence-corrected chi connectivity index (χ3v) is 5.66. The van der Waals surface area contributed by atoms with Crippen molar-refractivity contribution >= 4 is 22.8 Å². The lowest BCUT2D eigenvalue weighted by molar-refractivity contribution is -0.0882.